The second kappa shape index (κ2) is 36.6. The largest absolute Gasteiger partial charge is 0.756 e. The Kier molecular flexibility index (Phi) is 35.2. The lowest BCUT2D eigenvalue weighted by Gasteiger charge is -2.28. The number of carbonyl (C=O) groups is 2. The van der Waals surface area contributed by atoms with Crippen LogP contribution >= 0.6 is 7.82 Å². The van der Waals surface area contributed by atoms with Gasteiger partial charge in [0.15, 0.2) is 6.10 Å². The van der Waals surface area contributed by atoms with Crippen LogP contribution in [0.3, 0.4) is 0 Å². The van der Waals surface area contributed by atoms with Gasteiger partial charge in [0.1, 0.15) is 19.8 Å². The van der Waals surface area contributed by atoms with Crippen LogP contribution in [0.4, 0.5) is 0 Å². The molecule has 10 heteroatoms. The summed E-state index contributed by atoms with van der Waals surface area (Å²) < 4.78 is 33.8. The Morgan fingerprint density at radius 3 is 1.57 bits per heavy atom. The van der Waals surface area contributed by atoms with Crippen molar-refractivity contribution in [1.29, 1.82) is 0 Å². The van der Waals surface area contributed by atoms with Gasteiger partial charge in [0.25, 0.3) is 7.82 Å². The van der Waals surface area contributed by atoms with Gasteiger partial charge in [-0.2, -0.15) is 0 Å². The average molecular weight is 782 g/mol. The van der Waals surface area contributed by atoms with Gasteiger partial charge in [0.05, 0.1) is 27.7 Å². The molecule has 0 aliphatic heterocycles. The van der Waals surface area contributed by atoms with Crippen molar-refractivity contribution in [2.24, 2.45) is 0 Å². The average Bonchev–Trinajstić information content (AvgIpc) is 3.12. The van der Waals surface area contributed by atoms with Gasteiger partial charge in [-0.05, 0) is 77.0 Å². The van der Waals surface area contributed by atoms with Gasteiger partial charge < -0.3 is 27.9 Å². The van der Waals surface area contributed by atoms with Gasteiger partial charge in [-0.3, -0.25) is 14.2 Å². The van der Waals surface area contributed by atoms with Crippen molar-refractivity contribution < 1.29 is 42.1 Å². The van der Waals surface area contributed by atoms with E-state index in [1.54, 1.807) is 0 Å². The smallest absolute Gasteiger partial charge is 0.306 e. The molecule has 0 fully saturated rings. The number of carbonyl (C=O) groups excluding carboxylic acids is 2. The molecule has 0 aromatic rings. The molecule has 0 aromatic heterocycles. The number of phosphoric ester groups is 1. The monoisotopic (exact) mass is 782 g/mol. The highest BCUT2D eigenvalue weighted by Gasteiger charge is 2.21. The highest BCUT2D eigenvalue weighted by Crippen LogP contribution is 2.38. The quantitative estimate of drug-likeness (QED) is 0.0200. The molecule has 0 aliphatic rings. The molecule has 0 aromatic carbocycles. The van der Waals surface area contributed by atoms with E-state index in [1.807, 2.05) is 21.1 Å². The summed E-state index contributed by atoms with van der Waals surface area (Å²) >= 11 is 0. The third-order valence-corrected chi connectivity index (χ3v) is 9.79. The minimum atomic E-state index is -4.63. The van der Waals surface area contributed by atoms with Gasteiger partial charge in [-0.15, -0.1) is 0 Å². The molecule has 9 nitrogen and oxygen atoms in total. The van der Waals surface area contributed by atoms with E-state index in [1.165, 1.54) is 64.2 Å². The maximum atomic E-state index is 12.6. The number of esters is 2. The fraction of sp³-hybridized carbons (Fsp3) is 0.773. The van der Waals surface area contributed by atoms with E-state index < -0.39 is 32.5 Å². The Labute approximate surface area is 331 Å². The summed E-state index contributed by atoms with van der Waals surface area (Å²) in [5.74, 6) is -0.892. The summed E-state index contributed by atoms with van der Waals surface area (Å²) in [5, 5.41) is 0. The SMILES string of the molecule is CCCCC/C=C\C/C=C\C/C=C\CCCCC(=O)O[C@H](COC(=O)CCCCCCC/C=C\CCCCCCCC)COP(=O)([O-])OCC[N+](C)(C)C. The standard InChI is InChI=1S/C44H80NO8P/c1-6-8-10-12-14-16-18-20-22-24-26-28-30-32-34-36-43(46)50-40-42(41-52-54(48,49)51-39-38-45(3,4)5)53-44(47)37-35-33-31-29-27-25-23-21-19-17-15-13-11-9-7-2/h15,17,20-23,27,29,42H,6-14,16,18-19,24-26,28,30-41H2,1-5H3/b17-15-,22-20-,23-21-,29-27-/t42-/m1/s1. The first-order valence-corrected chi connectivity index (χ1v) is 22.8. The summed E-state index contributed by atoms with van der Waals surface area (Å²) in [5.41, 5.74) is 0. The molecule has 0 N–H and O–H groups in total. The van der Waals surface area contributed by atoms with E-state index in [-0.39, 0.29) is 26.1 Å². The maximum Gasteiger partial charge on any atom is 0.306 e. The minimum Gasteiger partial charge on any atom is -0.756 e. The van der Waals surface area contributed by atoms with Crippen molar-refractivity contribution in [3.8, 4) is 0 Å². The van der Waals surface area contributed by atoms with Crippen LogP contribution in [-0.4, -0.2) is 70.0 Å². The fourth-order valence-electron chi connectivity index (χ4n) is 5.42. The number of phosphoric acid groups is 1. The van der Waals surface area contributed by atoms with Crippen LogP contribution in [0.5, 0.6) is 0 Å². The first kappa shape index (κ1) is 52.0. The Bertz CT molecular complexity index is 1070. The maximum absolute atomic E-state index is 12.6. The zero-order valence-electron chi connectivity index (χ0n) is 35.2. The summed E-state index contributed by atoms with van der Waals surface area (Å²) in [6.45, 7) is 4.12. The lowest BCUT2D eigenvalue weighted by atomic mass is 10.1. The predicted octanol–water partition coefficient (Wildman–Crippen LogP) is 11.3. The van der Waals surface area contributed by atoms with Crippen LogP contribution in [-0.2, 0) is 32.7 Å². The number of unbranched alkanes of at least 4 members (excludes halogenated alkanes) is 16. The first-order valence-electron chi connectivity index (χ1n) is 21.3. The van der Waals surface area contributed by atoms with Crippen LogP contribution in [0, 0.1) is 0 Å². The zero-order chi connectivity index (χ0) is 40.0. The molecule has 314 valence electrons. The van der Waals surface area contributed by atoms with E-state index in [0.29, 0.717) is 23.9 Å². The van der Waals surface area contributed by atoms with E-state index in [0.717, 1.165) is 64.2 Å². The van der Waals surface area contributed by atoms with Gasteiger partial charge in [-0.1, -0.05) is 127 Å². The van der Waals surface area contributed by atoms with Crippen molar-refractivity contribution in [2.75, 3.05) is 47.5 Å². The lowest BCUT2D eigenvalue weighted by molar-refractivity contribution is -0.870. The van der Waals surface area contributed by atoms with Gasteiger partial charge in [-0.25, -0.2) is 0 Å². The minimum absolute atomic E-state index is 0.0407. The highest BCUT2D eigenvalue weighted by atomic mass is 31.2. The molecule has 0 saturated heterocycles. The van der Waals surface area contributed by atoms with Crippen molar-refractivity contribution in [2.45, 2.75) is 174 Å². The molecular formula is C44H80NO8P. The Morgan fingerprint density at radius 2 is 1.00 bits per heavy atom. The molecule has 0 saturated carbocycles. The number of rotatable bonds is 38. The fourth-order valence-corrected chi connectivity index (χ4v) is 6.15. The third kappa shape index (κ3) is 39.7. The van der Waals surface area contributed by atoms with Crippen LogP contribution in [0.25, 0.3) is 0 Å². The van der Waals surface area contributed by atoms with Crippen LogP contribution in [0.15, 0.2) is 48.6 Å². The molecule has 0 heterocycles. The summed E-state index contributed by atoms with van der Waals surface area (Å²) in [7, 11) is 1.13. The normalized spacial score (nSPS) is 14.1. The second-order valence-corrected chi connectivity index (χ2v) is 16.8. The molecule has 0 bridgehead atoms. The Balaban J connectivity index is 4.47. The molecule has 0 radical (unpaired) electrons. The van der Waals surface area contributed by atoms with Crippen molar-refractivity contribution >= 4 is 19.8 Å². The van der Waals surface area contributed by atoms with Gasteiger partial charge in [0, 0.05) is 12.8 Å². The topological polar surface area (TPSA) is 111 Å². The lowest BCUT2D eigenvalue weighted by Crippen LogP contribution is -2.37. The van der Waals surface area contributed by atoms with E-state index in [4.69, 9.17) is 18.5 Å². The predicted molar refractivity (Wildman–Crippen MR) is 222 cm³/mol. The van der Waals surface area contributed by atoms with Crippen molar-refractivity contribution in [1.82, 2.24) is 0 Å². The molecule has 1 unspecified atom stereocenters. The summed E-state index contributed by atoms with van der Waals surface area (Å²) in [6, 6.07) is 0. The van der Waals surface area contributed by atoms with E-state index in [9.17, 15) is 19.0 Å². The molecule has 0 rings (SSSR count). The van der Waals surface area contributed by atoms with Crippen molar-refractivity contribution in [3.63, 3.8) is 0 Å². The van der Waals surface area contributed by atoms with Crippen LogP contribution in [0.2, 0.25) is 0 Å². The molecule has 0 spiro atoms. The Morgan fingerprint density at radius 1 is 0.574 bits per heavy atom. The number of ether oxygens (including phenoxy) is 2. The molecule has 54 heavy (non-hydrogen) atoms. The van der Waals surface area contributed by atoms with Crippen LogP contribution < -0.4 is 4.89 Å². The first-order chi connectivity index (χ1) is 26.0. The third-order valence-electron chi connectivity index (χ3n) is 8.82. The number of likely N-dealkylation sites (N-methyl/N-ethyl adjacent to an activating group) is 1. The second-order valence-electron chi connectivity index (χ2n) is 15.3. The van der Waals surface area contributed by atoms with E-state index in [2.05, 4.69) is 62.5 Å². The molecule has 2 atom stereocenters. The van der Waals surface area contributed by atoms with Crippen molar-refractivity contribution in [3.05, 3.63) is 48.6 Å². The van der Waals surface area contributed by atoms with E-state index >= 15 is 0 Å². The number of allylic oxidation sites excluding steroid dienone is 8. The zero-order valence-corrected chi connectivity index (χ0v) is 36.0. The van der Waals surface area contributed by atoms with Gasteiger partial charge >= 0.3 is 11.9 Å². The van der Waals surface area contributed by atoms with Gasteiger partial charge in [0.2, 0.25) is 0 Å². The number of hydrogen-bond acceptors (Lipinski definition) is 8. The molecule has 0 amide bonds. The Hall–Kier alpha value is -2.03. The number of quaternary nitrogens is 1. The highest BCUT2D eigenvalue weighted by molar-refractivity contribution is 7.45. The summed E-state index contributed by atoms with van der Waals surface area (Å²) in [6.07, 6.45) is 41.4. The number of nitrogens with zero attached hydrogens (tertiary/aromatic N) is 1. The summed E-state index contributed by atoms with van der Waals surface area (Å²) in [4.78, 5) is 37.4. The van der Waals surface area contributed by atoms with Crippen LogP contribution in [0.1, 0.15) is 168 Å². The molecular weight excluding hydrogens is 701 g/mol. The molecule has 0 aliphatic carbocycles. The number of hydrogen-bond donors (Lipinski definition) is 0.